The number of halogens is 4. The minimum Gasteiger partial charge on any atom is -0.291 e. The van der Waals surface area contributed by atoms with E-state index >= 15 is 0 Å². The second-order valence-corrected chi connectivity index (χ2v) is 13.8. The number of fused-ring (bicyclic) bond motifs is 2. The summed E-state index contributed by atoms with van der Waals surface area (Å²) in [5, 5.41) is 8.79. The number of rotatable bonds is 7. The Bertz CT molecular complexity index is 1910. The maximum Gasteiger partial charge on any atom is 0.416 e. The summed E-state index contributed by atoms with van der Waals surface area (Å²) < 4.78 is 73.7. The lowest BCUT2D eigenvalue weighted by atomic mass is 9.60. The summed E-state index contributed by atoms with van der Waals surface area (Å²) in [6, 6.07) is 3.58. The van der Waals surface area contributed by atoms with Crippen LogP contribution in [0.4, 0.5) is 17.6 Å². The van der Waals surface area contributed by atoms with E-state index in [0.717, 1.165) is 18.3 Å². The van der Waals surface area contributed by atoms with Crippen molar-refractivity contribution in [2.24, 2.45) is 12.5 Å². The van der Waals surface area contributed by atoms with Crippen LogP contribution in [0.25, 0.3) is 11.8 Å². The van der Waals surface area contributed by atoms with Gasteiger partial charge in [0.15, 0.2) is 5.78 Å². The zero-order valence-corrected chi connectivity index (χ0v) is 25.5. The SMILES string of the molecule is C=S(=O)(c1ncn(C)n1)N(C(C)C)[C@H]1CCC2=Cc3c(cnn3-c3ccc(F)nc3)C[C@]2(C(=O)c2cc(C(F)(F)F)ccn2)C1. The second-order valence-electron chi connectivity index (χ2n) is 11.7. The molecule has 2 aliphatic carbocycles. The highest BCUT2D eigenvalue weighted by Crippen LogP contribution is 2.51. The molecule has 1 fully saturated rings. The Morgan fingerprint density at radius 3 is 2.60 bits per heavy atom. The van der Waals surface area contributed by atoms with E-state index in [-0.39, 0.29) is 29.7 Å². The van der Waals surface area contributed by atoms with Gasteiger partial charge in [-0.1, -0.05) is 5.57 Å². The Hall–Kier alpha value is -4.24. The molecule has 0 aliphatic heterocycles. The van der Waals surface area contributed by atoms with Gasteiger partial charge in [-0.25, -0.2) is 23.2 Å². The molecule has 0 spiro atoms. The molecule has 1 saturated carbocycles. The van der Waals surface area contributed by atoms with Crippen LogP contribution in [-0.4, -0.2) is 66.8 Å². The minimum absolute atomic E-state index is 0.0556. The van der Waals surface area contributed by atoms with Crippen molar-refractivity contribution >= 4 is 27.4 Å². The highest BCUT2D eigenvalue weighted by molar-refractivity contribution is 7.98. The summed E-state index contributed by atoms with van der Waals surface area (Å²) in [5.74, 6) is 2.82. The van der Waals surface area contributed by atoms with Crippen LogP contribution < -0.4 is 0 Å². The van der Waals surface area contributed by atoms with Crippen molar-refractivity contribution < 1.29 is 26.6 Å². The number of ketones is 1. The molecule has 15 heteroatoms. The average Bonchev–Trinajstić information content (AvgIpc) is 3.61. The van der Waals surface area contributed by atoms with Gasteiger partial charge in [0, 0.05) is 25.3 Å². The van der Waals surface area contributed by atoms with Crippen LogP contribution in [0.2, 0.25) is 0 Å². The van der Waals surface area contributed by atoms with Crippen LogP contribution in [-0.2, 0) is 29.4 Å². The topological polar surface area (TPSA) is 112 Å². The van der Waals surface area contributed by atoms with Gasteiger partial charge in [0.2, 0.25) is 11.1 Å². The maximum absolute atomic E-state index is 14.5. The molecule has 1 unspecified atom stereocenters. The Kier molecular flexibility index (Phi) is 7.51. The molecule has 0 bridgehead atoms. The first kappa shape index (κ1) is 30.8. The van der Waals surface area contributed by atoms with Crippen molar-refractivity contribution in [3.63, 3.8) is 0 Å². The van der Waals surface area contributed by atoms with Gasteiger partial charge >= 0.3 is 6.18 Å². The summed E-state index contributed by atoms with van der Waals surface area (Å²) in [4.78, 5) is 26.5. The van der Waals surface area contributed by atoms with Crippen LogP contribution in [0.5, 0.6) is 0 Å². The smallest absolute Gasteiger partial charge is 0.291 e. The number of alkyl halides is 3. The van der Waals surface area contributed by atoms with Gasteiger partial charge in [-0.3, -0.25) is 14.5 Å². The van der Waals surface area contributed by atoms with E-state index in [9.17, 15) is 26.6 Å². The lowest BCUT2D eigenvalue weighted by molar-refractivity contribution is -0.137. The van der Waals surface area contributed by atoms with Crippen molar-refractivity contribution in [2.45, 2.75) is 62.9 Å². The van der Waals surface area contributed by atoms with E-state index in [4.69, 9.17) is 0 Å². The number of allylic oxidation sites excluding steroid dienone is 1. The summed E-state index contributed by atoms with van der Waals surface area (Å²) in [6.07, 6.45) is 3.61. The number of nitrogens with zero attached hydrogens (tertiary/aromatic N) is 8. The van der Waals surface area contributed by atoms with Crippen LogP contribution >= 0.6 is 0 Å². The molecule has 4 heterocycles. The van der Waals surface area contributed by atoms with Crippen molar-refractivity contribution in [3.05, 3.63) is 83.2 Å². The van der Waals surface area contributed by atoms with E-state index in [1.54, 1.807) is 22.2 Å². The molecule has 2 aliphatic rings. The van der Waals surface area contributed by atoms with Crippen molar-refractivity contribution in [1.82, 2.24) is 38.8 Å². The molecule has 10 nitrogen and oxygen atoms in total. The molecule has 0 radical (unpaired) electrons. The maximum atomic E-state index is 14.5. The fraction of sp³-hybridized carbons (Fsp3) is 0.367. The average molecular weight is 643 g/mol. The molecule has 6 rings (SSSR count). The first-order valence-corrected chi connectivity index (χ1v) is 15.9. The normalized spacial score (nSPS) is 21.3. The largest absolute Gasteiger partial charge is 0.416 e. The number of aryl methyl sites for hydroxylation is 1. The van der Waals surface area contributed by atoms with Crippen LogP contribution in [0.15, 0.2) is 59.9 Å². The quantitative estimate of drug-likeness (QED) is 0.124. The van der Waals surface area contributed by atoms with Gasteiger partial charge in [0.1, 0.15) is 12.0 Å². The van der Waals surface area contributed by atoms with Gasteiger partial charge in [-0.2, -0.15) is 22.7 Å². The molecule has 4 aromatic heterocycles. The Morgan fingerprint density at radius 1 is 1.18 bits per heavy atom. The molecular formula is C30H30F4N8O2S. The number of carbonyl (C=O) groups is 1. The Morgan fingerprint density at radius 2 is 1.96 bits per heavy atom. The summed E-state index contributed by atoms with van der Waals surface area (Å²) in [6.45, 7) is 3.73. The monoisotopic (exact) mass is 642 g/mol. The number of pyridine rings is 2. The Labute approximate surface area is 257 Å². The van der Waals surface area contributed by atoms with E-state index in [0.29, 0.717) is 35.4 Å². The molecule has 0 saturated heterocycles. The standard InChI is InChI=1S/C30H30F4N8O2S/c1-18(2)42(45(4,44)28-37-17-40(3)39-28)22-6-5-20-12-25-19(15-38-41(25)23-7-8-26(31)36-16-23)13-29(20,14-22)27(43)24-11-21(9-10-35-24)30(32,33)34/h7-12,15-18,22H,4-6,13-14H2,1-3H3/t22-,29-,45?/m0/s1. The predicted octanol–water partition coefficient (Wildman–Crippen LogP) is 4.71. The molecule has 45 heavy (non-hydrogen) atoms. The zero-order valence-electron chi connectivity index (χ0n) is 24.7. The van der Waals surface area contributed by atoms with E-state index < -0.39 is 44.6 Å². The lowest BCUT2D eigenvalue weighted by Gasteiger charge is -2.48. The first-order chi connectivity index (χ1) is 21.2. The summed E-state index contributed by atoms with van der Waals surface area (Å²) in [5.41, 5.74) is -0.0717. The van der Waals surface area contributed by atoms with Gasteiger partial charge in [0.05, 0.1) is 44.5 Å². The molecule has 0 N–H and O–H groups in total. The highest BCUT2D eigenvalue weighted by atomic mass is 32.2. The Balaban J connectivity index is 1.47. The zero-order chi connectivity index (χ0) is 32.3. The first-order valence-electron chi connectivity index (χ1n) is 14.2. The van der Waals surface area contributed by atoms with Crippen molar-refractivity contribution in [2.75, 3.05) is 0 Å². The third-order valence-corrected chi connectivity index (χ3v) is 10.6. The highest BCUT2D eigenvalue weighted by Gasteiger charge is 2.52. The third kappa shape index (κ3) is 5.37. The van der Waals surface area contributed by atoms with Crippen molar-refractivity contribution in [3.8, 4) is 5.69 Å². The van der Waals surface area contributed by atoms with E-state index in [1.807, 2.05) is 19.9 Å². The third-order valence-electron chi connectivity index (χ3n) is 8.42. The summed E-state index contributed by atoms with van der Waals surface area (Å²) in [7, 11) is -1.56. The number of carbonyl (C=O) groups excluding carboxylic acids is 1. The molecular weight excluding hydrogens is 612 g/mol. The molecule has 0 aromatic carbocycles. The van der Waals surface area contributed by atoms with Crippen LogP contribution in [0, 0.1) is 11.4 Å². The van der Waals surface area contributed by atoms with E-state index in [2.05, 4.69) is 31.0 Å². The number of hydrogen-bond donors (Lipinski definition) is 0. The minimum atomic E-state index is -4.67. The fourth-order valence-electron chi connectivity index (χ4n) is 6.54. The van der Waals surface area contributed by atoms with Gasteiger partial charge in [-0.05, 0) is 81.3 Å². The fourth-order valence-corrected chi connectivity index (χ4v) is 8.54. The molecule has 236 valence electrons. The number of Topliss-reactive ketones (excluding diaryl/α,β-unsaturated/α-hetero) is 1. The predicted molar refractivity (Wildman–Crippen MR) is 158 cm³/mol. The number of hydrogen-bond acceptors (Lipinski definition) is 7. The molecule has 0 amide bonds. The van der Waals surface area contributed by atoms with Crippen LogP contribution in [0.3, 0.4) is 0 Å². The second kappa shape index (κ2) is 11.0. The van der Waals surface area contributed by atoms with E-state index in [1.165, 1.54) is 29.3 Å². The van der Waals surface area contributed by atoms with Gasteiger partial charge in [-0.15, -0.1) is 5.10 Å². The molecule has 4 aromatic rings. The summed E-state index contributed by atoms with van der Waals surface area (Å²) >= 11 is 0. The lowest BCUT2D eigenvalue weighted by Crippen LogP contribution is -2.52. The van der Waals surface area contributed by atoms with Crippen molar-refractivity contribution in [1.29, 1.82) is 0 Å². The van der Waals surface area contributed by atoms with Crippen LogP contribution in [0.1, 0.15) is 60.4 Å². The molecule has 3 atom stereocenters. The van der Waals surface area contributed by atoms with Gasteiger partial charge < -0.3 is 0 Å². The van der Waals surface area contributed by atoms with Gasteiger partial charge in [0.25, 0.3) is 0 Å². The number of aromatic nitrogens is 7.